The summed E-state index contributed by atoms with van der Waals surface area (Å²) in [5.41, 5.74) is 5.87. The van der Waals surface area contributed by atoms with Crippen molar-refractivity contribution in [3.05, 3.63) is 65.5 Å². The van der Waals surface area contributed by atoms with Crippen LogP contribution in [0.3, 0.4) is 0 Å². The molecule has 0 atom stereocenters. The molecule has 0 unspecified atom stereocenters. The maximum atomic E-state index is 13.9. The molecular formula is C16H14F2N2O2. The molecule has 0 fully saturated rings. The highest BCUT2D eigenvalue weighted by atomic mass is 19.1. The van der Waals surface area contributed by atoms with Crippen molar-refractivity contribution in [1.29, 1.82) is 0 Å². The van der Waals surface area contributed by atoms with Crippen molar-refractivity contribution in [2.45, 2.75) is 6.92 Å². The van der Waals surface area contributed by atoms with E-state index in [-0.39, 0.29) is 29.1 Å². The monoisotopic (exact) mass is 304 g/mol. The minimum Gasteiger partial charge on any atom is -0.462 e. The predicted molar refractivity (Wildman–Crippen MR) is 78.2 cm³/mol. The lowest BCUT2D eigenvalue weighted by atomic mass is 10.0. The summed E-state index contributed by atoms with van der Waals surface area (Å²) in [7, 11) is 0. The van der Waals surface area contributed by atoms with E-state index in [0.29, 0.717) is 6.07 Å². The zero-order chi connectivity index (χ0) is 16.1. The van der Waals surface area contributed by atoms with Gasteiger partial charge in [0.2, 0.25) is 0 Å². The van der Waals surface area contributed by atoms with Gasteiger partial charge >= 0.3 is 5.97 Å². The Bertz CT molecular complexity index is 715. The van der Waals surface area contributed by atoms with E-state index in [0.717, 1.165) is 6.07 Å². The van der Waals surface area contributed by atoms with Crippen molar-refractivity contribution in [3.8, 4) is 0 Å². The number of nitrogens with zero attached hydrogens (tertiary/aromatic N) is 1. The van der Waals surface area contributed by atoms with Gasteiger partial charge in [-0.15, -0.1) is 0 Å². The Morgan fingerprint density at radius 2 is 2.05 bits per heavy atom. The first-order valence-corrected chi connectivity index (χ1v) is 6.58. The van der Waals surface area contributed by atoms with Gasteiger partial charge in [0, 0.05) is 17.8 Å². The third-order valence-electron chi connectivity index (χ3n) is 2.89. The fraction of sp³-hybridized carbons (Fsp3) is 0.125. The standard InChI is InChI=1S/C16H14F2N2O2/c1-2-22-16(21)14(13-5-3-4-8-20-13)15(19)11-7-6-10(17)9-12(11)18/h3-9H,2,19H2,1H3/b15-14-. The van der Waals surface area contributed by atoms with E-state index < -0.39 is 17.6 Å². The fourth-order valence-electron chi connectivity index (χ4n) is 1.91. The van der Waals surface area contributed by atoms with Crippen LogP contribution in [-0.4, -0.2) is 17.6 Å². The van der Waals surface area contributed by atoms with E-state index in [1.807, 2.05) is 0 Å². The summed E-state index contributed by atoms with van der Waals surface area (Å²) in [5.74, 6) is -2.32. The smallest absolute Gasteiger partial charge is 0.342 e. The molecule has 4 nitrogen and oxygen atoms in total. The van der Waals surface area contributed by atoms with E-state index in [2.05, 4.69) is 4.98 Å². The number of nitrogens with two attached hydrogens (primary N) is 1. The summed E-state index contributed by atoms with van der Waals surface area (Å²) in [6.45, 7) is 1.77. The molecule has 22 heavy (non-hydrogen) atoms. The van der Waals surface area contributed by atoms with Crippen LogP contribution in [0.1, 0.15) is 18.2 Å². The summed E-state index contributed by atoms with van der Waals surface area (Å²) in [4.78, 5) is 16.2. The highest BCUT2D eigenvalue weighted by Gasteiger charge is 2.21. The van der Waals surface area contributed by atoms with Crippen LogP contribution in [0.25, 0.3) is 11.3 Å². The summed E-state index contributed by atoms with van der Waals surface area (Å²) in [6, 6.07) is 7.81. The Balaban J connectivity index is 2.62. The summed E-state index contributed by atoms with van der Waals surface area (Å²) in [6.07, 6.45) is 1.48. The lowest BCUT2D eigenvalue weighted by Crippen LogP contribution is -2.14. The molecule has 2 aromatic rings. The lowest BCUT2D eigenvalue weighted by Gasteiger charge is -2.11. The van der Waals surface area contributed by atoms with Crippen molar-refractivity contribution in [3.63, 3.8) is 0 Å². The lowest BCUT2D eigenvalue weighted by molar-refractivity contribution is -0.136. The van der Waals surface area contributed by atoms with Crippen LogP contribution in [0.2, 0.25) is 0 Å². The van der Waals surface area contributed by atoms with E-state index in [1.54, 1.807) is 25.1 Å². The zero-order valence-electron chi connectivity index (χ0n) is 11.8. The minimum atomic E-state index is -0.866. The summed E-state index contributed by atoms with van der Waals surface area (Å²) in [5, 5.41) is 0. The van der Waals surface area contributed by atoms with Crippen molar-refractivity contribution < 1.29 is 18.3 Å². The van der Waals surface area contributed by atoms with Crippen molar-refractivity contribution >= 4 is 17.2 Å². The number of carbonyl (C=O) groups excluding carboxylic acids is 1. The van der Waals surface area contributed by atoms with Crippen LogP contribution in [0, 0.1) is 11.6 Å². The summed E-state index contributed by atoms with van der Waals surface area (Å²) >= 11 is 0. The van der Waals surface area contributed by atoms with Gasteiger partial charge in [0.1, 0.15) is 17.2 Å². The second-order valence-corrected chi connectivity index (χ2v) is 4.35. The summed E-state index contributed by atoms with van der Waals surface area (Å²) < 4.78 is 31.9. The normalized spacial score (nSPS) is 11.8. The first kappa shape index (κ1) is 15.6. The van der Waals surface area contributed by atoms with Gasteiger partial charge < -0.3 is 10.5 Å². The SMILES string of the molecule is CCOC(=O)/C(=C(\N)c1ccc(F)cc1F)c1ccccn1. The van der Waals surface area contributed by atoms with Crippen LogP contribution >= 0.6 is 0 Å². The number of hydrogen-bond acceptors (Lipinski definition) is 4. The number of benzene rings is 1. The number of esters is 1. The number of ether oxygens (including phenoxy) is 1. The highest BCUT2D eigenvalue weighted by Crippen LogP contribution is 2.25. The molecule has 0 aliphatic rings. The van der Waals surface area contributed by atoms with Crippen molar-refractivity contribution in [1.82, 2.24) is 4.98 Å². The van der Waals surface area contributed by atoms with Crippen LogP contribution in [0.4, 0.5) is 8.78 Å². The van der Waals surface area contributed by atoms with E-state index >= 15 is 0 Å². The maximum Gasteiger partial charge on any atom is 0.342 e. The molecule has 0 radical (unpaired) electrons. The number of rotatable bonds is 4. The average Bonchev–Trinajstić information content (AvgIpc) is 2.48. The highest BCUT2D eigenvalue weighted by molar-refractivity contribution is 6.23. The fourth-order valence-corrected chi connectivity index (χ4v) is 1.91. The number of hydrogen-bond donors (Lipinski definition) is 1. The number of pyridine rings is 1. The van der Waals surface area contributed by atoms with Crippen LogP contribution < -0.4 is 5.73 Å². The molecule has 0 saturated heterocycles. The Morgan fingerprint density at radius 1 is 1.27 bits per heavy atom. The topological polar surface area (TPSA) is 65.2 Å². The van der Waals surface area contributed by atoms with Gasteiger partial charge in [-0.1, -0.05) is 6.07 Å². The van der Waals surface area contributed by atoms with Gasteiger partial charge in [0.05, 0.1) is 18.0 Å². The van der Waals surface area contributed by atoms with E-state index in [4.69, 9.17) is 10.5 Å². The van der Waals surface area contributed by atoms with Gasteiger partial charge in [-0.25, -0.2) is 13.6 Å². The quantitative estimate of drug-likeness (QED) is 0.697. The second-order valence-electron chi connectivity index (χ2n) is 4.35. The predicted octanol–water partition coefficient (Wildman–Crippen LogP) is 2.75. The van der Waals surface area contributed by atoms with E-state index in [1.165, 1.54) is 12.3 Å². The first-order chi connectivity index (χ1) is 10.5. The molecule has 0 bridgehead atoms. The molecule has 0 aliphatic carbocycles. The zero-order valence-corrected chi connectivity index (χ0v) is 11.8. The Labute approximate surface area is 126 Å². The van der Waals surface area contributed by atoms with Crippen LogP contribution in [-0.2, 0) is 9.53 Å². The largest absolute Gasteiger partial charge is 0.462 e. The van der Waals surface area contributed by atoms with Crippen LogP contribution in [0.5, 0.6) is 0 Å². The molecule has 2 rings (SSSR count). The van der Waals surface area contributed by atoms with E-state index in [9.17, 15) is 13.6 Å². The van der Waals surface area contributed by atoms with Crippen LogP contribution in [0.15, 0.2) is 42.6 Å². The van der Waals surface area contributed by atoms with Gasteiger partial charge in [-0.3, -0.25) is 4.98 Å². The number of carbonyl (C=O) groups is 1. The first-order valence-electron chi connectivity index (χ1n) is 6.58. The van der Waals surface area contributed by atoms with Gasteiger partial charge in [-0.2, -0.15) is 0 Å². The van der Waals surface area contributed by atoms with Crippen molar-refractivity contribution in [2.75, 3.05) is 6.61 Å². The number of halogens is 2. The minimum absolute atomic E-state index is 0.0621. The second kappa shape index (κ2) is 6.80. The molecular weight excluding hydrogens is 290 g/mol. The molecule has 1 aromatic carbocycles. The van der Waals surface area contributed by atoms with Gasteiger partial charge in [0.15, 0.2) is 0 Å². The molecule has 1 aromatic heterocycles. The Hall–Kier alpha value is -2.76. The maximum absolute atomic E-state index is 13.9. The van der Waals surface area contributed by atoms with Gasteiger partial charge in [-0.05, 0) is 31.2 Å². The van der Waals surface area contributed by atoms with Gasteiger partial charge in [0.25, 0.3) is 0 Å². The third kappa shape index (κ3) is 3.28. The molecule has 114 valence electrons. The molecule has 0 spiro atoms. The molecule has 0 amide bonds. The Kier molecular flexibility index (Phi) is 4.83. The number of aromatic nitrogens is 1. The molecule has 6 heteroatoms. The Morgan fingerprint density at radius 3 is 2.64 bits per heavy atom. The molecule has 0 aliphatic heterocycles. The average molecular weight is 304 g/mol. The molecule has 0 saturated carbocycles. The molecule has 2 N–H and O–H groups in total. The molecule has 1 heterocycles. The third-order valence-corrected chi connectivity index (χ3v) is 2.89. The van der Waals surface area contributed by atoms with Crippen molar-refractivity contribution in [2.24, 2.45) is 5.73 Å².